The molecule has 0 bridgehead atoms. The number of carbonyl (C=O) groups excluding carboxylic acids is 1. The summed E-state index contributed by atoms with van der Waals surface area (Å²) in [5.74, 6) is -0.0777. The molecule has 2 aromatic carbocycles. The summed E-state index contributed by atoms with van der Waals surface area (Å²) in [5, 5.41) is 0. The fraction of sp³-hybridized carbons (Fsp3) is 0.278. The number of hydrogen-bond donors (Lipinski definition) is 0. The van der Waals surface area contributed by atoms with Gasteiger partial charge in [0.2, 0.25) is 0 Å². The van der Waals surface area contributed by atoms with Gasteiger partial charge in [-0.25, -0.2) is 4.39 Å². The van der Waals surface area contributed by atoms with Gasteiger partial charge in [-0.1, -0.05) is 39.0 Å². The highest BCUT2D eigenvalue weighted by molar-refractivity contribution is 5.97. The standard InChI is InChI=1S/C18H19FO2/c1-12(20)17-15(19)9-6-10-16(17)21-14-8-5-7-13(11-14)18(2,3)4/h5-11H,1-4H3. The Labute approximate surface area is 124 Å². The van der Waals surface area contributed by atoms with Crippen molar-refractivity contribution >= 4 is 5.78 Å². The number of halogens is 1. The van der Waals surface area contributed by atoms with Crippen LogP contribution in [0.25, 0.3) is 0 Å². The Bertz CT molecular complexity index is 669. The maximum absolute atomic E-state index is 13.8. The number of hydrogen-bond acceptors (Lipinski definition) is 2. The fourth-order valence-corrected chi connectivity index (χ4v) is 2.08. The molecule has 2 rings (SSSR count). The van der Waals surface area contributed by atoms with Crippen LogP contribution in [0, 0.1) is 5.82 Å². The normalized spacial score (nSPS) is 11.3. The molecule has 21 heavy (non-hydrogen) atoms. The van der Waals surface area contributed by atoms with Gasteiger partial charge < -0.3 is 4.74 Å². The molecule has 0 radical (unpaired) electrons. The monoisotopic (exact) mass is 286 g/mol. The lowest BCUT2D eigenvalue weighted by Crippen LogP contribution is -2.10. The van der Waals surface area contributed by atoms with Gasteiger partial charge in [0.25, 0.3) is 0 Å². The molecule has 0 amide bonds. The van der Waals surface area contributed by atoms with Crippen molar-refractivity contribution in [2.24, 2.45) is 0 Å². The van der Waals surface area contributed by atoms with E-state index < -0.39 is 5.82 Å². The summed E-state index contributed by atoms with van der Waals surface area (Å²) >= 11 is 0. The van der Waals surface area contributed by atoms with E-state index in [1.54, 1.807) is 12.1 Å². The summed E-state index contributed by atoms with van der Waals surface area (Å²) in [6.07, 6.45) is 0. The van der Waals surface area contributed by atoms with Gasteiger partial charge in [-0.05, 0) is 42.2 Å². The number of rotatable bonds is 3. The molecule has 0 N–H and O–H groups in total. The number of ketones is 1. The van der Waals surface area contributed by atoms with Crippen molar-refractivity contribution in [3.8, 4) is 11.5 Å². The SMILES string of the molecule is CC(=O)c1c(F)cccc1Oc1cccc(C(C)(C)C)c1. The lowest BCUT2D eigenvalue weighted by Gasteiger charge is -2.20. The molecule has 0 saturated heterocycles. The topological polar surface area (TPSA) is 26.3 Å². The number of benzene rings is 2. The van der Waals surface area contributed by atoms with Crippen LogP contribution in [0.2, 0.25) is 0 Å². The van der Waals surface area contributed by atoms with Crippen molar-refractivity contribution in [1.82, 2.24) is 0 Å². The quantitative estimate of drug-likeness (QED) is 0.732. The van der Waals surface area contributed by atoms with Gasteiger partial charge in [0.15, 0.2) is 5.78 Å². The van der Waals surface area contributed by atoms with Crippen LogP contribution in [-0.2, 0) is 5.41 Å². The van der Waals surface area contributed by atoms with Crippen molar-refractivity contribution in [2.75, 3.05) is 0 Å². The predicted molar refractivity (Wildman–Crippen MR) is 81.6 cm³/mol. The summed E-state index contributed by atoms with van der Waals surface area (Å²) in [6.45, 7) is 7.65. The van der Waals surface area contributed by atoms with Crippen LogP contribution in [0.5, 0.6) is 11.5 Å². The Balaban J connectivity index is 2.40. The van der Waals surface area contributed by atoms with Gasteiger partial charge in [-0.3, -0.25) is 4.79 Å². The molecule has 0 fully saturated rings. The third-order valence-corrected chi connectivity index (χ3v) is 3.26. The average Bonchev–Trinajstić information content (AvgIpc) is 2.37. The van der Waals surface area contributed by atoms with E-state index in [0.717, 1.165) is 5.56 Å². The first-order valence-electron chi connectivity index (χ1n) is 6.87. The molecule has 2 nitrogen and oxygen atoms in total. The largest absolute Gasteiger partial charge is 0.456 e. The van der Waals surface area contributed by atoms with E-state index in [9.17, 15) is 9.18 Å². The number of Topliss-reactive ketones (excluding diaryl/α,β-unsaturated/α-hetero) is 1. The molecule has 0 aliphatic heterocycles. The summed E-state index contributed by atoms with van der Waals surface area (Å²) in [7, 11) is 0. The van der Waals surface area contributed by atoms with E-state index in [1.807, 2.05) is 18.2 Å². The zero-order chi connectivity index (χ0) is 15.6. The maximum Gasteiger partial charge on any atom is 0.166 e. The molecule has 0 atom stereocenters. The van der Waals surface area contributed by atoms with Crippen molar-refractivity contribution in [1.29, 1.82) is 0 Å². The zero-order valence-corrected chi connectivity index (χ0v) is 12.7. The highest BCUT2D eigenvalue weighted by Crippen LogP contribution is 2.31. The Morgan fingerprint density at radius 2 is 1.76 bits per heavy atom. The zero-order valence-electron chi connectivity index (χ0n) is 12.7. The molecule has 3 heteroatoms. The minimum Gasteiger partial charge on any atom is -0.456 e. The Morgan fingerprint density at radius 3 is 2.38 bits per heavy atom. The number of carbonyl (C=O) groups is 1. The highest BCUT2D eigenvalue weighted by Gasteiger charge is 2.17. The van der Waals surface area contributed by atoms with E-state index in [4.69, 9.17) is 4.74 Å². The van der Waals surface area contributed by atoms with Crippen LogP contribution in [0.4, 0.5) is 4.39 Å². The Morgan fingerprint density at radius 1 is 1.10 bits per heavy atom. The Hall–Kier alpha value is -2.16. The maximum atomic E-state index is 13.8. The second-order valence-electron chi connectivity index (χ2n) is 6.05. The van der Waals surface area contributed by atoms with Gasteiger partial charge in [-0.2, -0.15) is 0 Å². The van der Waals surface area contributed by atoms with Crippen LogP contribution in [0.15, 0.2) is 42.5 Å². The van der Waals surface area contributed by atoms with Gasteiger partial charge in [-0.15, -0.1) is 0 Å². The number of ether oxygens (including phenoxy) is 1. The average molecular weight is 286 g/mol. The molecule has 0 spiro atoms. The molecule has 0 aliphatic rings. The fourth-order valence-electron chi connectivity index (χ4n) is 2.08. The third kappa shape index (κ3) is 3.48. The molecule has 2 aromatic rings. The highest BCUT2D eigenvalue weighted by atomic mass is 19.1. The summed E-state index contributed by atoms with van der Waals surface area (Å²) < 4.78 is 19.5. The summed E-state index contributed by atoms with van der Waals surface area (Å²) in [5.41, 5.74) is 1.09. The first kappa shape index (κ1) is 15.2. The van der Waals surface area contributed by atoms with E-state index in [0.29, 0.717) is 5.75 Å². The van der Waals surface area contributed by atoms with Gasteiger partial charge in [0, 0.05) is 0 Å². The van der Waals surface area contributed by atoms with Gasteiger partial charge in [0.05, 0.1) is 5.56 Å². The Kier molecular flexibility index (Phi) is 4.12. The molecular weight excluding hydrogens is 267 g/mol. The lowest BCUT2D eigenvalue weighted by atomic mass is 9.87. The smallest absolute Gasteiger partial charge is 0.166 e. The summed E-state index contributed by atoms with van der Waals surface area (Å²) in [6, 6.07) is 12.0. The van der Waals surface area contributed by atoms with Crippen molar-refractivity contribution < 1.29 is 13.9 Å². The van der Waals surface area contributed by atoms with Gasteiger partial charge in [0.1, 0.15) is 17.3 Å². The lowest BCUT2D eigenvalue weighted by molar-refractivity contribution is 0.101. The molecule has 0 aliphatic carbocycles. The van der Waals surface area contributed by atoms with E-state index >= 15 is 0 Å². The van der Waals surface area contributed by atoms with E-state index in [2.05, 4.69) is 20.8 Å². The predicted octanol–water partition coefficient (Wildman–Crippen LogP) is 5.12. The van der Waals surface area contributed by atoms with Crippen LogP contribution < -0.4 is 4.74 Å². The van der Waals surface area contributed by atoms with Crippen LogP contribution in [-0.4, -0.2) is 5.78 Å². The van der Waals surface area contributed by atoms with Crippen molar-refractivity contribution in [3.63, 3.8) is 0 Å². The van der Waals surface area contributed by atoms with Gasteiger partial charge >= 0.3 is 0 Å². The minimum atomic E-state index is -0.563. The minimum absolute atomic E-state index is 0.00921. The molecule has 0 heterocycles. The molecule has 110 valence electrons. The molecule has 0 unspecified atom stereocenters. The second kappa shape index (κ2) is 5.68. The first-order valence-corrected chi connectivity index (χ1v) is 6.87. The third-order valence-electron chi connectivity index (χ3n) is 3.26. The molecular formula is C18H19FO2. The van der Waals surface area contributed by atoms with Crippen LogP contribution in [0.3, 0.4) is 0 Å². The van der Waals surface area contributed by atoms with E-state index in [1.165, 1.54) is 19.1 Å². The van der Waals surface area contributed by atoms with Crippen molar-refractivity contribution in [2.45, 2.75) is 33.1 Å². The second-order valence-corrected chi connectivity index (χ2v) is 6.05. The van der Waals surface area contributed by atoms with Crippen molar-refractivity contribution in [3.05, 3.63) is 59.4 Å². The van der Waals surface area contributed by atoms with Crippen LogP contribution >= 0.6 is 0 Å². The summed E-state index contributed by atoms with van der Waals surface area (Å²) in [4.78, 5) is 11.6. The molecule has 0 aromatic heterocycles. The first-order chi connectivity index (χ1) is 9.79. The van der Waals surface area contributed by atoms with E-state index in [-0.39, 0.29) is 22.5 Å². The molecule has 0 saturated carbocycles. The van der Waals surface area contributed by atoms with Crippen LogP contribution in [0.1, 0.15) is 43.6 Å².